The first-order chi connectivity index (χ1) is 43.4. The van der Waals surface area contributed by atoms with Gasteiger partial charge in [-0.05, 0) is 76.7 Å². The molecule has 520 valence electrons. The highest BCUT2D eigenvalue weighted by molar-refractivity contribution is 7.45. The molecule has 0 aliphatic carbocycles. The van der Waals surface area contributed by atoms with Crippen LogP contribution in [0.3, 0.4) is 0 Å². The van der Waals surface area contributed by atoms with Gasteiger partial charge in [-0.3, -0.25) is 14.2 Å². The Morgan fingerprint density at radius 3 is 1.08 bits per heavy atom. The van der Waals surface area contributed by atoms with E-state index in [1.807, 2.05) is 33.3 Å². The van der Waals surface area contributed by atoms with Crippen LogP contribution in [0.4, 0.5) is 0 Å². The monoisotopic (exact) mass is 1270 g/mol. The maximum atomic E-state index is 13.6. The van der Waals surface area contributed by atoms with E-state index in [9.17, 15) is 19.0 Å². The van der Waals surface area contributed by atoms with E-state index in [2.05, 4.69) is 86.8 Å². The molecule has 0 fully saturated rings. The van der Waals surface area contributed by atoms with Crippen LogP contribution < -0.4 is 10.2 Å². The largest absolute Gasteiger partial charge is 0.756 e. The number of ether oxygens (including phenoxy) is 1. The highest BCUT2D eigenvalue weighted by Gasteiger charge is 2.27. The molecule has 89 heavy (non-hydrogen) atoms. The summed E-state index contributed by atoms with van der Waals surface area (Å²) in [6.07, 6.45) is 90.4. The predicted molar refractivity (Wildman–Crippen MR) is 385 cm³/mol. The quantitative estimate of drug-likeness (QED) is 0.0212. The minimum absolute atomic E-state index is 0.0245. The van der Waals surface area contributed by atoms with Gasteiger partial charge in [-0.1, -0.05) is 351 Å². The number of phosphoric acid groups is 1. The fourth-order valence-electron chi connectivity index (χ4n) is 11.3. The summed E-state index contributed by atoms with van der Waals surface area (Å²) in [6.45, 7) is 6.78. The van der Waals surface area contributed by atoms with Gasteiger partial charge in [0.25, 0.3) is 7.82 Å². The molecule has 0 rings (SSSR count). The smallest absolute Gasteiger partial charge is 0.306 e. The van der Waals surface area contributed by atoms with Crippen LogP contribution in [0.15, 0.2) is 72.9 Å². The highest BCUT2D eigenvalue weighted by Crippen LogP contribution is 2.38. The fraction of sp³-hybridized carbons (Fsp3) is 0.823. The molecule has 3 unspecified atom stereocenters. The van der Waals surface area contributed by atoms with Crippen molar-refractivity contribution in [1.82, 2.24) is 5.32 Å². The fourth-order valence-corrected chi connectivity index (χ4v) is 12.0. The molecule has 9 nitrogen and oxygen atoms in total. The number of nitrogens with one attached hydrogen (secondary N) is 1. The van der Waals surface area contributed by atoms with Crippen LogP contribution in [0.5, 0.6) is 0 Å². The molecule has 10 heteroatoms. The van der Waals surface area contributed by atoms with Crippen LogP contribution in [0.2, 0.25) is 0 Å². The third-order valence-corrected chi connectivity index (χ3v) is 18.1. The second-order valence-corrected chi connectivity index (χ2v) is 28.5. The van der Waals surface area contributed by atoms with Gasteiger partial charge in [0.15, 0.2) is 0 Å². The first-order valence-electron chi connectivity index (χ1n) is 38.2. The van der Waals surface area contributed by atoms with Gasteiger partial charge in [0, 0.05) is 12.8 Å². The molecule has 0 saturated carbocycles. The number of hydrogen-bond donors (Lipinski definition) is 1. The average Bonchev–Trinajstić information content (AvgIpc) is 3.57. The van der Waals surface area contributed by atoms with Crippen molar-refractivity contribution in [1.29, 1.82) is 0 Å². The van der Waals surface area contributed by atoms with Crippen molar-refractivity contribution in [2.45, 2.75) is 380 Å². The van der Waals surface area contributed by atoms with Crippen LogP contribution in [0.1, 0.15) is 367 Å². The van der Waals surface area contributed by atoms with Crippen molar-refractivity contribution in [3.63, 3.8) is 0 Å². The first kappa shape index (κ1) is 86.5. The Hall–Kier alpha value is -2.55. The summed E-state index contributed by atoms with van der Waals surface area (Å²) in [6, 6.07) is -0.896. The number of amides is 1. The second kappa shape index (κ2) is 68.3. The third kappa shape index (κ3) is 69.6. The average molecular weight is 1270 g/mol. The molecule has 1 N–H and O–H groups in total. The molecule has 0 heterocycles. The zero-order chi connectivity index (χ0) is 64.9. The summed E-state index contributed by atoms with van der Waals surface area (Å²) in [7, 11) is 1.19. The van der Waals surface area contributed by atoms with Crippen LogP contribution in [0.25, 0.3) is 0 Å². The number of carbonyl (C=O) groups is 2. The molecule has 0 saturated heterocycles. The Labute approximate surface area is 553 Å². The van der Waals surface area contributed by atoms with Gasteiger partial charge in [-0.25, -0.2) is 0 Å². The number of likely N-dealkylation sites (N-methyl/N-ethyl adjacent to an activating group) is 1. The molecular formula is C79H147N2O7P. The minimum atomic E-state index is -4.71. The van der Waals surface area contributed by atoms with Crippen LogP contribution in [0, 0.1) is 0 Å². The maximum Gasteiger partial charge on any atom is 0.306 e. The summed E-state index contributed by atoms with van der Waals surface area (Å²) in [5.41, 5.74) is 0. The Bertz CT molecular complexity index is 1750. The number of allylic oxidation sites excluding steroid dienone is 11. The van der Waals surface area contributed by atoms with Gasteiger partial charge in [0.2, 0.25) is 5.91 Å². The number of carbonyl (C=O) groups excluding carboxylic acids is 2. The van der Waals surface area contributed by atoms with Crippen molar-refractivity contribution in [2.24, 2.45) is 0 Å². The van der Waals surface area contributed by atoms with E-state index >= 15 is 0 Å². The molecule has 0 spiro atoms. The van der Waals surface area contributed by atoms with Crippen molar-refractivity contribution in [3.8, 4) is 0 Å². The third-order valence-electron chi connectivity index (χ3n) is 17.2. The number of nitrogens with zero attached hydrogens (tertiary/aromatic N) is 1. The number of quaternary nitrogens is 1. The van der Waals surface area contributed by atoms with E-state index in [1.165, 1.54) is 231 Å². The summed E-state index contributed by atoms with van der Waals surface area (Å²) in [5.74, 6) is -0.539. The number of hydrogen-bond acceptors (Lipinski definition) is 7. The van der Waals surface area contributed by atoms with E-state index in [0.717, 1.165) is 103 Å². The van der Waals surface area contributed by atoms with Gasteiger partial charge in [0.05, 0.1) is 33.8 Å². The lowest BCUT2D eigenvalue weighted by Gasteiger charge is -2.30. The summed E-state index contributed by atoms with van der Waals surface area (Å²) in [5, 5.41) is 3.05. The minimum Gasteiger partial charge on any atom is -0.756 e. The van der Waals surface area contributed by atoms with Gasteiger partial charge >= 0.3 is 5.97 Å². The van der Waals surface area contributed by atoms with E-state index in [4.69, 9.17) is 13.8 Å². The number of rotatable bonds is 70. The first-order valence-corrected chi connectivity index (χ1v) is 39.7. The summed E-state index contributed by atoms with van der Waals surface area (Å²) in [4.78, 5) is 40.3. The number of unbranched alkanes of at least 4 members (excludes halogenated alkanes) is 44. The number of phosphoric ester groups is 1. The predicted octanol–water partition coefficient (Wildman–Crippen LogP) is 24.1. The molecule has 0 aromatic carbocycles. The van der Waals surface area contributed by atoms with Crippen LogP contribution >= 0.6 is 7.82 Å². The Morgan fingerprint density at radius 2 is 0.719 bits per heavy atom. The van der Waals surface area contributed by atoms with E-state index in [1.54, 1.807) is 0 Å². The second-order valence-electron chi connectivity index (χ2n) is 27.1. The van der Waals surface area contributed by atoms with Gasteiger partial charge < -0.3 is 28.5 Å². The zero-order valence-corrected chi connectivity index (χ0v) is 60.5. The topological polar surface area (TPSA) is 114 Å². The molecule has 0 bridgehead atoms. The van der Waals surface area contributed by atoms with Gasteiger partial charge in [-0.15, -0.1) is 0 Å². The molecule has 0 aromatic heterocycles. The van der Waals surface area contributed by atoms with Crippen molar-refractivity contribution >= 4 is 19.7 Å². The van der Waals surface area contributed by atoms with Gasteiger partial charge in [-0.2, -0.15) is 0 Å². The van der Waals surface area contributed by atoms with Crippen molar-refractivity contribution in [2.75, 3.05) is 40.9 Å². The lowest BCUT2D eigenvalue weighted by atomic mass is 10.0. The van der Waals surface area contributed by atoms with E-state index in [-0.39, 0.29) is 24.9 Å². The molecule has 0 aliphatic heterocycles. The summed E-state index contributed by atoms with van der Waals surface area (Å²) < 4.78 is 30.5. The van der Waals surface area contributed by atoms with Crippen molar-refractivity contribution in [3.05, 3.63) is 72.9 Å². The normalized spacial score (nSPS) is 13.8. The number of esters is 1. The standard InChI is InChI=1S/C79H147N2O7P/c1-7-10-13-16-19-22-25-28-30-32-34-36-38-39-40-41-43-44-46-48-50-53-56-59-62-65-68-71-78(82)80-76(75-87-89(84,85)86-74-73-81(4,5)6)77(70-67-64-61-58-55-52-27-24-21-18-15-12-9-3)88-79(83)72-69-66-63-60-57-54-51-49-47-45-42-37-35-33-31-29-26-23-20-17-14-11-8-2/h11,14,20,23,29,31,35,37,45,47,67,70,76-77H,7-10,12-13,15-19,21-22,24-28,30,32-34,36,38-44,46,48-66,68-69,71-75H2,1-6H3,(H-,80,82,84,85)/b14-11-,23-20-,31-29-,37-35-,47-45-,70-67+. The van der Waals surface area contributed by atoms with Crippen molar-refractivity contribution < 1.29 is 37.3 Å². The SMILES string of the molecule is CC/C=C\C/C=C\C/C=C\C/C=C\C/C=C\CCCCCCCCCC(=O)OC(/C=C/CCCCCCCCCCCCC)C(COP(=O)([O-])OCC[N+](C)(C)C)NC(=O)CCCCCCCCCCCCCCCCCCCCCCCCCCCCC. The summed E-state index contributed by atoms with van der Waals surface area (Å²) >= 11 is 0. The Balaban J connectivity index is 5.01. The molecule has 0 radical (unpaired) electrons. The zero-order valence-electron chi connectivity index (χ0n) is 59.6. The highest BCUT2D eigenvalue weighted by atomic mass is 31.2. The molecule has 3 atom stereocenters. The lowest BCUT2D eigenvalue weighted by Crippen LogP contribution is -2.47. The molecular weight excluding hydrogens is 1120 g/mol. The lowest BCUT2D eigenvalue weighted by molar-refractivity contribution is -0.870. The van der Waals surface area contributed by atoms with E-state index in [0.29, 0.717) is 17.4 Å². The molecule has 0 aliphatic rings. The van der Waals surface area contributed by atoms with Gasteiger partial charge in [0.1, 0.15) is 19.3 Å². The molecule has 0 aromatic rings. The van der Waals surface area contributed by atoms with Crippen LogP contribution in [-0.4, -0.2) is 69.4 Å². The Kier molecular flexibility index (Phi) is 66.4. The van der Waals surface area contributed by atoms with Crippen LogP contribution in [-0.2, 0) is 27.9 Å². The maximum absolute atomic E-state index is 13.6. The molecule has 1 amide bonds. The van der Waals surface area contributed by atoms with E-state index < -0.39 is 26.6 Å². The Morgan fingerprint density at radius 1 is 0.404 bits per heavy atom.